The Bertz CT molecular complexity index is 640. The van der Waals surface area contributed by atoms with Gasteiger partial charge >= 0.3 is 0 Å². The van der Waals surface area contributed by atoms with Crippen LogP contribution in [0.25, 0.3) is 11.3 Å². The van der Waals surface area contributed by atoms with Crippen LogP contribution in [0.1, 0.15) is 18.4 Å². The maximum atomic E-state index is 11.8. The number of nitrogens with zero attached hydrogens (tertiary/aromatic N) is 1. The lowest BCUT2D eigenvalue weighted by Crippen LogP contribution is -2.15. The van der Waals surface area contributed by atoms with Gasteiger partial charge in [0.1, 0.15) is 5.75 Å². The molecule has 0 aliphatic carbocycles. The van der Waals surface area contributed by atoms with Crippen LogP contribution in [0.3, 0.4) is 0 Å². The maximum Gasteiger partial charge on any atom is 0.226 e. The van der Waals surface area contributed by atoms with Crippen molar-refractivity contribution in [1.29, 1.82) is 0 Å². The van der Waals surface area contributed by atoms with Gasteiger partial charge < -0.3 is 15.4 Å². The fourth-order valence-electron chi connectivity index (χ4n) is 2.08. The van der Waals surface area contributed by atoms with Crippen LogP contribution in [-0.2, 0) is 4.79 Å². The molecule has 0 bridgehead atoms. The summed E-state index contributed by atoms with van der Waals surface area (Å²) in [5, 5.41) is 8.42. The summed E-state index contributed by atoms with van der Waals surface area (Å²) in [5.41, 5.74) is 2.90. The highest BCUT2D eigenvalue weighted by Gasteiger charge is 2.11. The molecule has 1 heterocycles. The first-order valence-electron chi connectivity index (χ1n) is 7.19. The highest BCUT2D eigenvalue weighted by Crippen LogP contribution is 2.32. The zero-order valence-electron chi connectivity index (χ0n) is 13.1. The van der Waals surface area contributed by atoms with Crippen LogP contribution < -0.4 is 15.4 Å². The molecule has 0 atom stereocenters. The number of hydrogen-bond acceptors (Lipinski definition) is 5. The zero-order valence-corrected chi connectivity index (χ0v) is 13.9. The van der Waals surface area contributed by atoms with E-state index in [1.54, 1.807) is 7.11 Å². The lowest BCUT2D eigenvalue weighted by Gasteiger charge is -2.07. The number of thiazole rings is 1. The van der Waals surface area contributed by atoms with E-state index in [0.29, 0.717) is 11.6 Å². The van der Waals surface area contributed by atoms with Crippen LogP contribution in [0, 0.1) is 6.92 Å². The predicted molar refractivity (Wildman–Crippen MR) is 90.6 cm³/mol. The summed E-state index contributed by atoms with van der Waals surface area (Å²) >= 11 is 1.42. The van der Waals surface area contributed by atoms with Gasteiger partial charge in [-0.2, -0.15) is 0 Å². The average Bonchev–Trinajstić information content (AvgIpc) is 2.95. The number of benzene rings is 1. The Morgan fingerprint density at radius 3 is 2.95 bits per heavy atom. The monoisotopic (exact) mass is 319 g/mol. The number of methoxy groups -OCH3 is 1. The van der Waals surface area contributed by atoms with Gasteiger partial charge in [-0.15, -0.1) is 11.3 Å². The largest absolute Gasteiger partial charge is 0.496 e. The van der Waals surface area contributed by atoms with Gasteiger partial charge in [-0.3, -0.25) is 4.79 Å². The normalized spacial score (nSPS) is 10.5. The Kier molecular flexibility index (Phi) is 5.91. The number of ether oxygens (including phenoxy) is 1. The summed E-state index contributed by atoms with van der Waals surface area (Å²) in [4.78, 5) is 16.3. The van der Waals surface area contributed by atoms with E-state index in [-0.39, 0.29) is 5.91 Å². The maximum absolute atomic E-state index is 11.8. The van der Waals surface area contributed by atoms with Gasteiger partial charge in [-0.05, 0) is 39.1 Å². The molecule has 2 N–H and O–H groups in total. The second-order valence-corrected chi connectivity index (χ2v) is 5.86. The number of rotatable bonds is 7. The van der Waals surface area contributed by atoms with E-state index in [1.165, 1.54) is 11.3 Å². The summed E-state index contributed by atoms with van der Waals surface area (Å²) in [6.07, 6.45) is 1.30. The second kappa shape index (κ2) is 7.91. The van der Waals surface area contributed by atoms with Crippen LogP contribution in [0.5, 0.6) is 5.75 Å². The molecule has 0 saturated carbocycles. The van der Waals surface area contributed by atoms with Gasteiger partial charge in [0.2, 0.25) is 5.91 Å². The number of carbonyl (C=O) groups is 1. The Labute approximate surface area is 134 Å². The van der Waals surface area contributed by atoms with Gasteiger partial charge in [0, 0.05) is 17.4 Å². The number of hydrogen-bond donors (Lipinski definition) is 2. The number of carbonyl (C=O) groups excluding carboxylic acids is 1. The van der Waals surface area contributed by atoms with E-state index in [1.807, 2.05) is 37.6 Å². The van der Waals surface area contributed by atoms with Crippen LogP contribution in [-0.4, -0.2) is 31.6 Å². The fourth-order valence-corrected chi connectivity index (χ4v) is 2.81. The molecular formula is C16H21N3O2S. The number of amides is 1. The van der Waals surface area contributed by atoms with Crippen molar-refractivity contribution in [3.05, 3.63) is 29.1 Å². The van der Waals surface area contributed by atoms with E-state index in [2.05, 4.69) is 15.6 Å². The van der Waals surface area contributed by atoms with Gasteiger partial charge in [0.15, 0.2) is 5.13 Å². The van der Waals surface area contributed by atoms with Crippen LogP contribution >= 0.6 is 11.3 Å². The fraction of sp³-hybridized carbons (Fsp3) is 0.375. The van der Waals surface area contributed by atoms with Gasteiger partial charge in [0.25, 0.3) is 0 Å². The van der Waals surface area contributed by atoms with Crippen LogP contribution in [0.15, 0.2) is 23.6 Å². The lowest BCUT2D eigenvalue weighted by molar-refractivity contribution is -0.116. The SMILES string of the molecule is CNCCCC(=O)Nc1nc(-c2cc(C)ccc2OC)cs1. The second-order valence-electron chi connectivity index (χ2n) is 5.00. The number of nitrogens with one attached hydrogen (secondary N) is 2. The van der Waals surface area contributed by atoms with Crippen molar-refractivity contribution >= 4 is 22.4 Å². The molecule has 6 heteroatoms. The molecule has 1 aromatic carbocycles. The molecule has 2 aromatic rings. The van der Waals surface area contributed by atoms with Crippen molar-refractivity contribution < 1.29 is 9.53 Å². The molecule has 118 valence electrons. The molecule has 1 amide bonds. The van der Waals surface area contributed by atoms with Crippen molar-refractivity contribution in [2.45, 2.75) is 19.8 Å². The predicted octanol–water partition coefficient (Wildman–Crippen LogP) is 3.07. The van der Waals surface area contributed by atoms with Gasteiger partial charge in [0.05, 0.1) is 12.8 Å². The van der Waals surface area contributed by atoms with Crippen molar-refractivity contribution in [1.82, 2.24) is 10.3 Å². The smallest absolute Gasteiger partial charge is 0.226 e. The summed E-state index contributed by atoms with van der Waals surface area (Å²) < 4.78 is 5.38. The standard InChI is InChI=1S/C16H21N3O2S/c1-11-6-7-14(21-3)12(9-11)13-10-22-16(18-13)19-15(20)5-4-8-17-2/h6-7,9-10,17H,4-5,8H2,1-3H3,(H,18,19,20). The summed E-state index contributed by atoms with van der Waals surface area (Å²) in [6.45, 7) is 2.86. The van der Waals surface area contributed by atoms with Crippen molar-refractivity contribution in [3.63, 3.8) is 0 Å². The van der Waals surface area contributed by atoms with Crippen molar-refractivity contribution in [3.8, 4) is 17.0 Å². The molecule has 0 spiro atoms. The quantitative estimate of drug-likeness (QED) is 0.770. The highest BCUT2D eigenvalue weighted by molar-refractivity contribution is 7.14. The molecular weight excluding hydrogens is 298 g/mol. The molecule has 22 heavy (non-hydrogen) atoms. The van der Waals surface area contributed by atoms with E-state index < -0.39 is 0 Å². The molecule has 0 saturated heterocycles. The highest BCUT2D eigenvalue weighted by atomic mass is 32.1. The minimum atomic E-state index is -0.00708. The van der Waals surface area contributed by atoms with Gasteiger partial charge in [-0.1, -0.05) is 11.6 Å². The lowest BCUT2D eigenvalue weighted by atomic mass is 10.1. The molecule has 0 unspecified atom stereocenters. The Morgan fingerprint density at radius 1 is 1.41 bits per heavy atom. The minimum Gasteiger partial charge on any atom is -0.496 e. The molecule has 0 aliphatic rings. The van der Waals surface area contributed by atoms with E-state index in [9.17, 15) is 4.79 Å². The Balaban J connectivity index is 2.08. The van der Waals surface area contributed by atoms with E-state index in [4.69, 9.17) is 4.74 Å². The first-order valence-corrected chi connectivity index (χ1v) is 8.07. The topological polar surface area (TPSA) is 63.2 Å². The minimum absolute atomic E-state index is 0.00708. The van der Waals surface area contributed by atoms with Crippen LogP contribution in [0.2, 0.25) is 0 Å². The third kappa shape index (κ3) is 4.29. The zero-order chi connectivity index (χ0) is 15.9. The molecule has 1 aromatic heterocycles. The molecule has 0 radical (unpaired) electrons. The molecule has 2 rings (SSSR count). The summed E-state index contributed by atoms with van der Waals surface area (Å²) in [5.74, 6) is 0.773. The third-order valence-electron chi connectivity index (χ3n) is 3.21. The van der Waals surface area contributed by atoms with Gasteiger partial charge in [-0.25, -0.2) is 4.98 Å². The summed E-state index contributed by atoms with van der Waals surface area (Å²) in [6, 6.07) is 5.96. The van der Waals surface area contributed by atoms with Crippen LogP contribution in [0.4, 0.5) is 5.13 Å². The van der Waals surface area contributed by atoms with E-state index in [0.717, 1.165) is 35.5 Å². The number of anilines is 1. The third-order valence-corrected chi connectivity index (χ3v) is 3.97. The summed E-state index contributed by atoms with van der Waals surface area (Å²) in [7, 11) is 3.52. The van der Waals surface area contributed by atoms with E-state index >= 15 is 0 Å². The molecule has 0 fully saturated rings. The first kappa shape index (κ1) is 16.5. The number of aromatic nitrogens is 1. The van der Waals surface area contributed by atoms with Crippen molar-refractivity contribution in [2.24, 2.45) is 0 Å². The first-order chi connectivity index (χ1) is 10.6. The average molecular weight is 319 g/mol. The number of aryl methyl sites for hydroxylation is 1. The molecule has 5 nitrogen and oxygen atoms in total. The molecule has 0 aliphatic heterocycles. The Hall–Kier alpha value is -1.92. The Morgan fingerprint density at radius 2 is 2.23 bits per heavy atom. The van der Waals surface area contributed by atoms with Crippen molar-refractivity contribution in [2.75, 3.05) is 26.0 Å².